The van der Waals surface area contributed by atoms with E-state index in [0.717, 1.165) is 6.42 Å². The fourth-order valence-corrected chi connectivity index (χ4v) is 2.42. The number of ether oxygens (including phenoxy) is 1. The van der Waals surface area contributed by atoms with Gasteiger partial charge in [-0.2, -0.15) is 0 Å². The molecular weight excluding hydrogens is 258 g/mol. The fourth-order valence-electron chi connectivity index (χ4n) is 2.42. The molecule has 1 aromatic rings. The normalized spacial score (nSPS) is 22.8. The Kier molecular flexibility index (Phi) is 4.24. The number of likely N-dealkylation sites (N-methyl/N-ethyl adjacent to an activating group) is 1. The number of carbonyl (C=O) groups is 1. The van der Waals surface area contributed by atoms with Crippen LogP contribution in [0.2, 0.25) is 0 Å². The van der Waals surface area contributed by atoms with Crippen LogP contribution in [0.25, 0.3) is 0 Å². The summed E-state index contributed by atoms with van der Waals surface area (Å²) in [6.45, 7) is 2.66. The first-order valence-corrected chi connectivity index (χ1v) is 6.51. The predicted molar refractivity (Wildman–Crippen MR) is 74.9 cm³/mol. The van der Waals surface area contributed by atoms with Gasteiger partial charge in [0.1, 0.15) is 0 Å². The molecule has 1 aliphatic rings. The molecule has 1 fully saturated rings. The van der Waals surface area contributed by atoms with E-state index in [1.807, 2.05) is 6.92 Å². The number of amides is 1. The number of rotatable bonds is 3. The lowest BCUT2D eigenvalue weighted by Crippen LogP contribution is -2.41. The Morgan fingerprint density at radius 3 is 2.50 bits per heavy atom. The van der Waals surface area contributed by atoms with Crippen LogP contribution in [0.4, 0.5) is 0 Å². The largest absolute Gasteiger partial charge is 0.409 e. The zero-order valence-electron chi connectivity index (χ0n) is 11.6. The molecule has 20 heavy (non-hydrogen) atoms. The third kappa shape index (κ3) is 2.75. The molecule has 1 aromatic carbocycles. The molecule has 6 nitrogen and oxygen atoms in total. The molecule has 0 aliphatic carbocycles. The topological polar surface area (TPSA) is 88.2 Å². The van der Waals surface area contributed by atoms with Gasteiger partial charge in [-0.05, 0) is 25.5 Å². The van der Waals surface area contributed by atoms with Gasteiger partial charge in [-0.15, -0.1) is 0 Å². The van der Waals surface area contributed by atoms with Crippen LogP contribution >= 0.6 is 0 Å². The monoisotopic (exact) mass is 277 g/mol. The summed E-state index contributed by atoms with van der Waals surface area (Å²) in [6, 6.07) is 6.76. The molecule has 0 radical (unpaired) electrons. The van der Waals surface area contributed by atoms with Crippen LogP contribution in [0.5, 0.6) is 0 Å². The summed E-state index contributed by atoms with van der Waals surface area (Å²) in [5, 5.41) is 11.5. The lowest BCUT2D eigenvalue weighted by molar-refractivity contribution is 0.0574. The molecule has 6 heteroatoms. The third-order valence-corrected chi connectivity index (χ3v) is 3.69. The molecule has 1 saturated heterocycles. The molecule has 2 unspecified atom stereocenters. The first kappa shape index (κ1) is 14.3. The molecule has 3 N–H and O–H groups in total. The quantitative estimate of drug-likeness (QED) is 0.374. The van der Waals surface area contributed by atoms with Crippen LogP contribution in [0.1, 0.15) is 29.3 Å². The van der Waals surface area contributed by atoms with Crippen LogP contribution in [-0.4, -0.2) is 47.7 Å². The van der Waals surface area contributed by atoms with Crippen molar-refractivity contribution in [2.75, 3.05) is 13.7 Å². The molecule has 0 spiro atoms. The number of hydrogen-bond donors (Lipinski definition) is 2. The fraction of sp³-hybridized carbons (Fsp3) is 0.429. The van der Waals surface area contributed by atoms with Crippen molar-refractivity contribution in [1.29, 1.82) is 0 Å². The Bertz CT molecular complexity index is 513. The van der Waals surface area contributed by atoms with Crippen LogP contribution < -0.4 is 5.73 Å². The number of hydrogen-bond acceptors (Lipinski definition) is 4. The molecule has 0 bridgehead atoms. The van der Waals surface area contributed by atoms with Crippen LogP contribution in [-0.2, 0) is 4.74 Å². The van der Waals surface area contributed by atoms with Crippen molar-refractivity contribution >= 4 is 11.7 Å². The highest BCUT2D eigenvalue weighted by Crippen LogP contribution is 2.20. The first-order chi connectivity index (χ1) is 9.54. The van der Waals surface area contributed by atoms with E-state index in [2.05, 4.69) is 5.16 Å². The zero-order valence-corrected chi connectivity index (χ0v) is 11.6. The lowest BCUT2D eigenvalue weighted by atomic mass is 10.1. The second kappa shape index (κ2) is 5.92. The summed E-state index contributed by atoms with van der Waals surface area (Å²) in [5.74, 6) is -0.0337. The molecule has 0 aromatic heterocycles. The molecular formula is C14H19N3O3. The molecule has 0 saturated carbocycles. The summed E-state index contributed by atoms with van der Waals surface area (Å²) in [4.78, 5) is 14.1. The summed E-state index contributed by atoms with van der Waals surface area (Å²) < 4.78 is 5.48. The van der Waals surface area contributed by atoms with Crippen molar-refractivity contribution < 1.29 is 14.7 Å². The predicted octanol–water partition coefficient (Wildman–Crippen LogP) is 1.03. The molecule has 108 valence electrons. The van der Waals surface area contributed by atoms with Crippen molar-refractivity contribution in [3.63, 3.8) is 0 Å². The van der Waals surface area contributed by atoms with Gasteiger partial charge in [0.2, 0.25) is 0 Å². The van der Waals surface area contributed by atoms with Gasteiger partial charge in [-0.1, -0.05) is 17.3 Å². The summed E-state index contributed by atoms with van der Waals surface area (Å²) >= 11 is 0. The minimum absolute atomic E-state index is 0.0233. The zero-order chi connectivity index (χ0) is 14.7. The van der Waals surface area contributed by atoms with Gasteiger partial charge in [0, 0.05) is 24.8 Å². The van der Waals surface area contributed by atoms with Crippen molar-refractivity contribution in [3.05, 3.63) is 35.4 Å². The van der Waals surface area contributed by atoms with Gasteiger partial charge < -0.3 is 20.6 Å². The van der Waals surface area contributed by atoms with Crippen LogP contribution in [0.15, 0.2) is 29.4 Å². The van der Waals surface area contributed by atoms with E-state index >= 15 is 0 Å². The second-order valence-electron chi connectivity index (χ2n) is 4.91. The summed E-state index contributed by atoms with van der Waals surface area (Å²) in [6.07, 6.45) is 0.909. The summed E-state index contributed by atoms with van der Waals surface area (Å²) in [7, 11) is 1.79. The highest BCUT2D eigenvalue weighted by atomic mass is 16.5. The van der Waals surface area contributed by atoms with E-state index in [0.29, 0.717) is 17.7 Å². The highest BCUT2D eigenvalue weighted by molar-refractivity contribution is 5.99. The Morgan fingerprint density at radius 1 is 1.40 bits per heavy atom. The first-order valence-electron chi connectivity index (χ1n) is 6.51. The van der Waals surface area contributed by atoms with Gasteiger partial charge in [0.15, 0.2) is 5.84 Å². The smallest absolute Gasteiger partial charge is 0.253 e. The van der Waals surface area contributed by atoms with Crippen molar-refractivity contribution in [2.45, 2.75) is 25.5 Å². The second-order valence-corrected chi connectivity index (χ2v) is 4.91. The van der Waals surface area contributed by atoms with Crippen molar-refractivity contribution in [1.82, 2.24) is 4.90 Å². The minimum atomic E-state index is -0.0570. The minimum Gasteiger partial charge on any atom is -0.409 e. The number of nitrogens with zero attached hydrogens (tertiary/aromatic N) is 2. The molecule has 1 heterocycles. The van der Waals surface area contributed by atoms with Crippen molar-refractivity contribution in [2.24, 2.45) is 10.9 Å². The lowest BCUT2D eigenvalue weighted by Gasteiger charge is -2.26. The molecule has 1 aliphatic heterocycles. The van der Waals surface area contributed by atoms with Gasteiger partial charge in [-0.25, -0.2) is 0 Å². The van der Waals surface area contributed by atoms with E-state index in [4.69, 9.17) is 15.7 Å². The number of carbonyl (C=O) groups excluding carboxylic acids is 1. The number of nitrogens with two attached hydrogens (primary N) is 1. The average molecular weight is 277 g/mol. The summed E-state index contributed by atoms with van der Waals surface area (Å²) in [5.41, 5.74) is 6.63. The Balaban J connectivity index is 2.13. The van der Waals surface area contributed by atoms with E-state index < -0.39 is 0 Å². The molecule has 2 rings (SSSR count). The van der Waals surface area contributed by atoms with E-state index in [1.165, 1.54) is 0 Å². The Morgan fingerprint density at radius 2 is 2.00 bits per heavy atom. The van der Waals surface area contributed by atoms with E-state index in [1.54, 1.807) is 36.2 Å². The average Bonchev–Trinajstić information content (AvgIpc) is 2.91. The third-order valence-electron chi connectivity index (χ3n) is 3.69. The van der Waals surface area contributed by atoms with Crippen molar-refractivity contribution in [3.8, 4) is 0 Å². The maximum absolute atomic E-state index is 12.4. The maximum atomic E-state index is 12.4. The standard InChI is InChI=1S/C14H19N3O3/c1-9-12(7-8-20-9)17(2)14(18)11-5-3-10(4-6-11)13(15)16-19/h3-6,9,12,19H,7-8H2,1-2H3,(H2,15,16). The SMILES string of the molecule is CC1OCCC1N(C)C(=O)c1ccc(/C(N)=N/O)cc1. The van der Waals surface area contributed by atoms with Crippen LogP contribution in [0, 0.1) is 0 Å². The van der Waals surface area contributed by atoms with E-state index in [9.17, 15) is 4.79 Å². The van der Waals surface area contributed by atoms with Gasteiger partial charge >= 0.3 is 0 Å². The van der Waals surface area contributed by atoms with Gasteiger partial charge in [-0.3, -0.25) is 4.79 Å². The maximum Gasteiger partial charge on any atom is 0.253 e. The van der Waals surface area contributed by atoms with Crippen LogP contribution in [0.3, 0.4) is 0 Å². The Hall–Kier alpha value is -2.08. The highest BCUT2D eigenvalue weighted by Gasteiger charge is 2.30. The van der Waals surface area contributed by atoms with Gasteiger partial charge in [0.25, 0.3) is 5.91 Å². The number of oxime groups is 1. The molecule has 2 atom stereocenters. The number of benzene rings is 1. The van der Waals surface area contributed by atoms with Gasteiger partial charge in [0.05, 0.1) is 12.1 Å². The van der Waals surface area contributed by atoms with E-state index in [-0.39, 0.29) is 23.9 Å². The number of amidine groups is 1. The molecule has 1 amide bonds. The Labute approximate surface area is 117 Å².